The summed E-state index contributed by atoms with van der Waals surface area (Å²) in [6.45, 7) is 2.53. The van der Waals surface area contributed by atoms with E-state index in [1.165, 1.54) is 0 Å². The fourth-order valence-electron chi connectivity index (χ4n) is 1.72. The van der Waals surface area contributed by atoms with Gasteiger partial charge in [0.25, 0.3) is 0 Å². The van der Waals surface area contributed by atoms with Gasteiger partial charge < -0.3 is 14.6 Å². The Kier molecular flexibility index (Phi) is 3.23. The Balaban J connectivity index is 2.48. The summed E-state index contributed by atoms with van der Waals surface area (Å²) in [6.07, 6.45) is 3.22. The Morgan fingerprint density at radius 2 is 2.50 bits per heavy atom. The highest BCUT2D eigenvalue weighted by atomic mass is 16.5. The maximum atomic E-state index is 10.4. The second kappa shape index (κ2) is 4.01. The highest BCUT2D eigenvalue weighted by molar-refractivity contribution is 5.56. The lowest BCUT2D eigenvalue weighted by Gasteiger charge is -2.34. The molecule has 1 saturated heterocycles. The number of ether oxygens (including phenoxy) is 1. The molecule has 0 aliphatic carbocycles. The molecule has 0 unspecified atom stereocenters. The van der Waals surface area contributed by atoms with Crippen molar-refractivity contribution < 1.29 is 14.6 Å². The first kappa shape index (κ1) is 9.68. The van der Waals surface area contributed by atoms with Crippen LogP contribution in [0.15, 0.2) is 0 Å². The molecule has 0 saturated carbocycles. The van der Waals surface area contributed by atoms with Crippen LogP contribution in [0, 0.1) is 0 Å². The molecule has 3 heteroatoms. The van der Waals surface area contributed by atoms with Gasteiger partial charge in [-0.05, 0) is 12.8 Å². The summed E-state index contributed by atoms with van der Waals surface area (Å²) in [4.78, 5) is 10.4. The van der Waals surface area contributed by atoms with Crippen LogP contribution in [0.3, 0.4) is 0 Å². The topological polar surface area (TPSA) is 46.5 Å². The van der Waals surface area contributed by atoms with Crippen LogP contribution in [-0.4, -0.2) is 29.7 Å². The first-order valence-corrected chi connectivity index (χ1v) is 4.49. The van der Waals surface area contributed by atoms with E-state index in [2.05, 4.69) is 0 Å². The molecule has 1 fully saturated rings. The summed E-state index contributed by atoms with van der Waals surface area (Å²) >= 11 is 0. The zero-order chi connectivity index (χ0) is 9.03. The second-order valence-corrected chi connectivity index (χ2v) is 3.47. The molecular weight excluding hydrogens is 156 g/mol. The number of carbonyl (C=O) groups is 1. The molecule has 1 aliphatic heterocycles. The minimum atomic E-state index is -0.654. The van der Waals surface area contributed by atoms with Gasteiger partial charge >= 0.3 is 0 Å². The summed E-state index contributed by atoms with van der Waals surface area (Å²) < 4.78 is 5.14. The van der Waals surface area contributed by atoms with Crippen molar-refractivity contribution in [1.82, 2.24) is 0 Å². The van der Waals surface area contributed by atoms with Crippen molar-refractivity contribution in [2.75, 3.05) is 6.61 Å². The van der Waals surface area contributed by atoms with Gasteiger partial charge in [0.1, 0.15) is 12.4 Å². The van der Waals surface area contributed by atoms with Crippen molar-refractivity contribution in [2.45, 2.75) is 44.3 Å². The largest absolute Gasteiger partial charge is 0.390 e. The van der Waals surface area contributed by atoms with Crippen molar-refractivity contribution in [1.29, 1.82) is 0 Å². The summed E-state index contributed by atoms with van der Waals surface area (Å²) in [6, 6.07) is 0. The predicted molar refractivity (Wildman–Crippen MR) is 44.9 cm³/mol. The Morgan fingerprint density at radius 1 is 1.75 bits per heavy atom. The van der Waals surface area contributed by atoms with Crippen LogP contribution in [0.5, 0.6) is 0 Å². The summed E-state index contributed by atoms with van der Waals surface area (Å²) in [5, 5.41) is 9.93. The van der Waals surface area contributed by atoms with E-state index in [0.29, 0.717) is 19.4 Å². The van der Waals surface area contributed by atoms with Gasteiger partial charge in [-0.1, -0.05) is 13.3 Å². The zero-order valence-electron chi connectivity index (χ0n) is 7.45. The molecule has 12 heavy (non-hydrogen) atoms. The second-order valence-electron chi connectivity index (χ2n) is 3.47. The summed E-state index contributed by atoms with van der Waals surface area (Å²) in [7, 11) is 0. The van der Waals surface area contributed by atoms with Crippen LogP contribution in [0.4, 0.5) is 0 Å². The van der Waals surface area contributed by atoms with Crippen molar-refractivity contribution in [3.8, 4) is 0 Å². The molecule has 0 spiro atoms. The van der Waals surface area contributed by atoms with Crippen molar-refractivity contribution in [3.05, 3.63) is 0 Å². The maximum Gasteiger partial charge on any atom is 0.148 e. The lowest BCUT2D eigenvalue weighted by molar-refractivity contribution is -0.136. The zero-order valence-corrected chi connectivity index (χ0v) is 7.45. The Bertz CT molecular complexity index is 154. The Morgan fingerprint density at radius 3 is 3.08 bits per heavy atom. The molecule has 1 N–H and O–H groups in total. The van der Waals surface area contributed by atoms with E-state index >= 15 is 0 Å². The van der Waals surface area contributed by atoms with E-state index in [-0.39, 0.29) is 0 Å². The maximum absolute atomic E-state index is 10.4. The van der Waals surface area contributed by atoms with E-state index in [1.807, 2.05) is 6.92 Å². The van der Waals surface area contributed by atoms with Gasteiger partial charge in [-0.15, -0.1) is 0 Å². The number of rotatable bonds is 3. The van der Waals surface area contributed by atoms with Crippen LogP contribution in [0.1, 0.15) is 32.6 Å². The molecule has 70 valence electrons. The minimum absolute atomic E-state index is 0.393. The molecule has 0 aromatic carbocycles. The van der Waals surface area contributed by atoms with Crippen molar-refractivity contribution in [2.24, 2.45) is 0 Å². The third-order valence-electron chi connectivity index (χ3n) is 2.35. The molecule has 0 aromatic heterocycles. The summed E-state index contributed by atoms with van der Waals surface area (Å²) in [5.41, 5.74) is -0.654. The lowest BCUT2D eigenvalue weighted by Crippen LogP contribution is -2.41. The van der Waals surface area contributed by atoms with E-state index in [1.54, 1.807) is 0 Å². The highest BCUT2D eigenvalue weighted by Gasteiger charge is 2.33. The smallest absolute Gasteiger partial charge is 0.148 e. The molecule has 1 rings (SSSR count). The van der Waals surface area contributed by atoms with Crippen molar-refractivity contribution in [3.63, 3.8) is 0 Å². The third-order valence-corrected chi connectivity index (χ3v) is 2.35. The SMILES string of the molecule is CCC[C@@]1(O)CCO[C@H](C=O)C1. The molecule has 0 aromatic rings. The van der Waals surface area contributed by atoms with Gasteiger partial charge in [0, 0.05) is 6.42 Å². The number of aliphatic hydroxyl groups is 1. The van der Waals surface area contributed by atoms with Gasteiger partial charge in [-0.3, -0.25) is 0 Å². The van der Waals surface area contributed by atoms with Gasteiger partial charge in [0.2, 0.25) is 0 Å². The fraction of sp³-hybridized carbons (Fsp3) is 0.889. The number of hydrogen-bond donors (Lipinski definition) is 1. The first-order valence-electron chi connectivity index (χ1n) is 4.49. The minimum Gasteiger partial charge on any atom is -0.390 e. The summed E-state index contributed by atoms with van der Waals surface area (Å²) in [5.74, 6) is 0. The quantitative estimate of drug-likeness (QED) is 0.643. The highest BCUT2D eigenvalue weighted by Crippen LogP contribution is 2.28. The number of hydrogen-bond acceptors (Lipinski definition) is 3. The van der Waals surface area contributed by atoms with Crippen LogP contribution in [0.25, 0.3) is 0 Å². The van der Waals surface area contributed by atoms with E-state index < -0.39 is 11.7 Å². The fourth-order valence-corrected chi connectivity index (χ4v) is 1.72. The first-order chi connectivity index (χ1) is 5.70. The Labute approximate surface area is 72.7 Å². The molecule has 1 aliphatic rings. The van der Waals surface area contributed by atoms with Crippen LogP contribution in [-0.2, 0) is 9.53 Å². The van der Waals surface area contributed by atoms with Crippen LogP contribution in [0.2, 0.25) is 0 Å². The Hall–Kier alpha value is -0.410. The van der Waals surface area contributed by atoms with Gasteiger partial charge in [0.15, 0.2) is 0 Å². The average molecular weight is 172 g/mol. The molecule has 1 heterocycles. The predicted octanol–water partition coefficient (Wildman–Crippen LogP) is 0.895. The van der Waals surface area contributed by atoms with E-state index in [4.69, 9.17) is 4.74 Å². The number of aldehydes is 1. The number of carbonyl (C=O) groups excluding carboxylic acids is 1. The van der Waals surface area contributed by atoms with Gasteiger partial charge in [0.05, 0.1) is 12.2 Å². The standard InChI is InChI=1S/C9H16O3/c1-2-3-9(11)4-5-12-8(6-9)7-10/h7-8,11H,2-6H2,1H3/t8-,9+/m0/s1. The molecule has 0 radical (unpaired) electrons. The van der Waals surface area contributed by atoms with Crippen LogP contribution >= 0.6 is 0 Å². The molecule has 3 nitrogen and oxygen atoms in total. The molecule has 2 atom stereocenters. The lowest BCUT2D eigenvalue weighted by atomic mass is 9.87. The normalized spacial score (nSPS) is 36.3. The average Bonchev–Trinajstić information content (AvgIpc) is 2.04. The van der Waals surface area contributed by atoms with Gasteiger partial charge in [-0.2, -0.15) is 0 Å². The van der Waals surface area contributed by atoms with E-state index in [9.17, 15) is 9.90 Å². The molecular formula is C9H16O3. The third kappa shape index (κ3) is 2.29. The van der Waals surface area contributed by atoms with Crippen molar-refractivity contribution >= 4 is 6.29 Å². The molecule has 0 amide bonds. The van der Waals surface area contributed by atoms with E-state index in [0.717, 1.165) is 19.1 Å². The van der Waals surface area contributed by atoms with Crippen LogP contribution < -0.4 is 0 Å². The molecule has 0 bridgehead atoms. The van der Waals surface area contributed by atoms with Gasteiger partial charge in [-0.25, -0.2) is 0 Å². The monoisotopic (exact) mass is 172 g/mol.